The number of thioether (sulfide) groups is 1. The second kappa shape index (κ2) is 11.4. The fourth-order valence-electron chi connectivity index (χ4n) is 2.59. The normalized spacial score (nSPS) is 11.7. The van der Waals surface area contributed by atoms with Gasteiger partial charge in [-0.05, 0) is 30.5 Å². The van der Waals surface area contributed by atoms with E-state index >= 15 is 0 Å². The van der Waals surface area contributed by atoms with Crippen LogP contribution in [0, 0.1) is 12.8 Å². The Kier molecular flexibility index (Phi) is 8.88. The van der Waals surface area contributed by atoms with Gasteiger partial charge in [-0.2, -0.15) is 0 Å². The molecule has 0 spiro atoms. The Hall–Kier alpha value is -2.47. The number of aryl methyl sites for hydroxylation is 1. The average molecular weight is 400 g/mol. The summed E-state index contributed by atoms with van der Waals surface area (Å²) in [6, 6.07) is 17.1. The Balaban J connectivity index is 1.74. The van der Waals surface area contributed by atoms with Crippen LogP contribution in [0.15, 0.2) is 59.5 Å². The van der Waals surface area contributed by atoms with Crippen LogP contribution in [-0.4, -0.2) is 30.3 Å². The second-order valence-electron chi connectivity index (χ2n) is 6.99. The quantitative estimate of drug-likeness (QED) is 0.444. The molecule has 0 heterocycles. The predicted octanol–water partition coefficient (Wildman–Crippen LogP) is 3.73. The molecule has 0 aliphatic carbocycles. The summed E-state index contributed by atoms with van der Waals surface area (Å²) in [7, 11) is 0. The van der Waals surface area contributed by atoms with Gasteiger partial charge in [-0.1, -0.05) is 61.9 Å². The van der Waals surface area contributed by atoms with E-state index in [4.69, 9.17) is 0 Å². The van der Waals surface area contributed by atoms with Crippen molar-refractivity contribution in [1.82, 2.24) is 16.0 Å². The van der Waals surface area contributed by atoms with Gasteiger partial charge in [-0.15, -0.1) is 11.8 Å². The Labute approximate surface area is 171 Å². The van der Waals surface area contributed by atoms with Crippen molar-refractivity contribution in [2.45, 2.75) is 38.3 Å². The standard InChI is InChI=1S/C22H29N3O2S/c1-16(2)20(25-22(27)24-15-18-7-5-4-6-8-18)21(26)23-13-14-28-19-11-9-17(3)10-12-19/h4-12,16,20H,13-15H2,1-3H3,(H,23,26)(H2,24,25,27). The summed E-state index contributed by atoms with van der Waals surface area (Å²) in [6.07, 6.45) is 0. The van der Waals surface area contributed by atoms with Gasteiger partial charge in [0.1, 0.15) is 6.04 Å². The highest BCUT2D eigenvalue weighted by atomic mass is 32.2. The Morgan fingerprint density at radius 2 is 1.64 bits per heavy atom. The number of nitrogens with one attached hydrogen (secondary N) is 3. The maximum atomic E-state index is 12.5. The first-order chi connectivity index (χ1) is 13.5. The number of carbonyl (C=O) groups excluding carboxylic acids is 2. The molecule has 150 valence electrons. The fraction of sp³-hybridized carbons (Fsp3) is 0.364. The lowest BCUT2D eigenvalue weighted by Gasteiger charge is -2.22. The number of carbonyl (C=O) groups is 2. The number of rotatable bonds is 9. The van der Waals surface area contributed by atoms with Crippen molar-refractivity contribution in [3.8, 4) is 0 Å². The molecule has 0 aliphatic rings. The first kappa shape index (κ1) is 21.8. The van der Waals surface area contributed by atoms with E-state index in [0.717, 1.165) is 11.3 Å². The van der Waals surface area contributed by atoms with E-state index in [1.165, 1.54) is 10.5 Å². The molecule has 28 heavy (non-hydrogen) atoms. The zero-order valence-corrected chi connectivity index (χ0v) is 17.5. The SMILES string of the molecule is Cc1ccc(SCCNC(=O)C(NC(=O)NCc2ccccc2)C(C)C)cc1. The lowest BCUT2D eigenvalue weighted by molar-refractivity contribution is -0.123. The number of benzene rings is 2. The highest BCUT2D eigenvalue weighted by Gasteiger charge is 2.23. The van der Waals surface area contributed by atoms with Crippen molar-refractivity contribution in [2.24, 2.45) is 5.92 Å². The van der Waals surface area contributed by atoms with Crippen LogP contribution in [0.2, 0.25) is 0 Å². The summed E-state index contributed by atoms with van der Waals surface area (Å²) in [5.41, 5.74) is 2.24. The maximum absolute atomic E-state index is 12.5. The van der Waals surface area contributed by atoms with E-state index in [0.29, 0.717) is 13.1 Å². The summed E-state index contributed by atoms with van der Waals surface area (Å²) < 4.78 is 0. The highest BCUT2D eigenvalue weighted by molar-refractivity contribution is 7.99. The van der Waals surface area contributed by atoms with E-state index in [-0.39, 0.29) is 17.9 Å². The van der Waals surface area contributed by atoms with E-state index in [1.807, 2.05) is 44.2 Å². The van der Waals surface area contributed by atoms with Crippen molar-refractivity contribution in [3.63, 3.8) is 0 Å². The molecule has 1 atom stereocenters. The third kappa shape index (κ3) is 7.64. The van der Waals surface area contributed by atoms with E-state index in [9.17, 15) is 9.59 Å². The molecule has 1 unspecified atom stereocenters. The molecule has 2 aromatic rings. The van der Waals surface area contributed by atoms with Gasteiger partial charge in [0.05, 0.1) is 0 Å². The van der Waals surface area contributed by atoms with Crippen LogP contribution in [0.25, 0.3) is 0 Å². The minimum Gasteiger partial charge on any atom is -0.353 e. The summed E-state index contributed by atoms with van der Waals surface area (Å²) in [5, 5.41) is 8.50. The molecular weight excluding hydrogens is 370 g/mol. The molecule has 0 aromatic heterocycles. The first-order valence-corrected chi connectivity index (χ1v) is 10.5. The van der Waals surface area contributed by atoms with Crippen LogP contribution in [-0.2, 0) is 11.3 Å². The highest BCUT2D eigenvalue weighted by Crippen LogP contribution is 2.17. The second-order valence-corrected chi connectivity index (χ2v) is 8.16. The Bertz CT molecular complexity index is 748. The van der Waals surface area contributed by atoms with Crippen LogP contribution in [0.1, 0.15) is 25.0 Å². The Morgan fingerprint density at radius 3 is 2.29 bits per heavy atom. The zero-order valence-electron chi connectivity index (χ0n) is 16.7. The van der Waals surface area contributed by atoms with E-state index in [1.54, 1.807) is 11.8 Å². The molecule has 6 heteroatoms. The van der Waals surface area contributed by atoms with Crippen LogP contribution in [0.5, 0.6) is 0 Å². The van der Waals surface area contributed by atoms with Gasteiger partial charge in [-0.3, -0.25) is 4.79 Å². The molecule has 0 fully saturated rings. The van der Waals surface area contributed by atoms with Gasteiger partial charge in [0, 0.05) is 23.7 Å². The minimum atomic E-state index is -0.569. The molecule has 3 amide bonds. The molecule has 3 N–H and O–H groups in total. The summed E-state index contributed by atoms with van der Waals surface area (Å²) in [4.78, 5) is 25.8. The molecule has 0 radical (unpaired) electrons. The molecular formula is C22H29N3O2S. The summed E-state index contributed by atoms with van der Waals surface area (Å²) in [6.45, 7) is 6.87. The van der Waals surface area contributed by atoms with Crippen LogP contribution < -0.4 is 16.0 Å². The van der Waals surface area contributed by atoms with Gasteiger partial charge in [0.2, 0.25) is 5.91 Å². The third-order valence-corrected chi connectivity index (χ3v) is 5.24. The fourth-order valence-corrected chi connectivity index (χ4v) is 3.36. The van der Waals surface area contributed by atoms with Crippen LogP contribution in [0.3, 0.4) is 0 Å². The predicted molar refractivity (Wildman–Crippen MR) is 115 cm³/mol. The molecule has 2 aromatic carbocycles. The number of hydrogen-bond acceptors (Lipinski definition) is 3. The maximum Gasteiger partial charge on any atom is 0.315 e. The Morgan fingerprint density at radius 1 is 0.964 bits per heavy atom. The summed E-state index contributed by atoms with van der Waals surface area (Å²) >= 11 is 1.70. The van der Waals surface area contributed by atoms with Gasteiger partial charge in [-0.25, -0.2) is 4.79 Å². The largest absolute Gasteiger partial charge is 0.353 e. The van der Waals surface area contributed by atoms with Gasteiger partial charge in [0.15, 0.2) is 0 Å². The molecule has 2 rings (SSSR count). The van der Waals surface area contributed by atoms with E-state index in [2.05, 4.69) is 47.1 Å². The number of amides is 3. The third-order valence-electron chi connectivity index (χ3n) is 4.22. The van der Waals surface area contributed by atoms with Crippen molar-refractivity contribution >= 4 is 23.7 Å². The van der Waals surface area contributed by atoms with Gasteiger partial charge >= 0.3 is 6.03 Å². The lowest BCUT2D eigenvalue weighted by atomic mass is 10.0. The van der Waals surface area contributed by atoms with Crippen molar-refractivity contribution in [2.75, 3.05) is 12.3 Å². The summed E-state index contributed by atoms with van der Waals surface area (Å²) in [5.74, 6) is 0.612. The van der Waals surface area contributed by atoms with Gasteiger partial charge < -0.3 is 16.0 Å². The lowest BCUT2D eigenvalue weighted by Crippen LogP contribution is -2.52. The molecule has 0 saturated heterocycles. The zero-order chi connectivity index (χ0) is 20.4. The van der Waals surface area contributed by atoms with Crippen molar-refractivity contribution in [3.05, 3.63) is 65.7 Å². The molecule has 0 aliphatic heterocycles. The topological polar surface area (TPSA) is 70.2 Å². The number of urea groups is 1. The smallest absolute Gasteiger partial charge is 0.315 e. The van der Waals surface area contributed by atoms with Crippen LogP contribution in [0.4, 0.5) is 4.79 Å². The van der Waals surface area contributed by atoms with E-state index < -0.39 is 6.04 Å². The molecule has 0 saturated carbocycles. The van der Waals surface area contributed by atoms with Crippen molar-refractivity contribution < 1.29 is 9.59 Å². The monoisotopic (exact) mass is 399 g/mol. The number of hydrogen-bond donors (Lipinski definition) is 3. The first-order valence-electron chi connectivity index (χ1n) is 9.51. The molecule has 5 nitrogen and oxygen atoms in total. The molecule has 0 bridgehead atoms. The van der Waals surface area contributed by atoms with Crippen LogP contribution >= 0.6 is 11.8 Å². The minimum absolute atomic E-state index is 0.00720. The van der Waals surface area contributed by atoms with Gasteiger partial charge in [0.25, 0.3) is 0 Å². The van der Waals surface area contributed by atoms with Crippen molar-refractivity contribution in [1.29, 1.82) is 0 Å². The average Bonchev–Trinajstić information content (AvgIpc) is 2.69.